The van der Waals surface area contributed by atoms with Gasteiger partial charge in [0.25, 0.3) is 0 Å². The number of benzene rings is 1. The molecule has 1 N–H and O–H groups in total. The van der Waals surface area contributed by atoms with Gasteiger partial charge in [0.2, 0.25) is 0 Å². The number of carbonyl (C=O) groups is 1. The number of rotatable bonds is 3. The maximum atomic E-state index is 11.6. The maximum Gasteiger partial charge on any atom is 0.194 e. The summed E-state index contributed by atoms with van der Waals surface area (Å²) in [5.74, 6) is 1.28. The molecule has 5 heteroatoms. The summed E-state index contributed by atoms with van der Waals surface area (Å²) in [6, 6.07) is 6.16. The maximum absolute atomic E-state index is 11.6. The third kappa shape index (κ3) is 2.97. The molecule has 0 atom stereocenters. The Hall–Kier alpha value is -1.11. The Bertz CT molecular complexity index is 542. The molecule has 0 unspecified atom stereocenters. The monoisotopic (exact) mass is 385 g/mol. The van der Waals surface area contributed by atoms with Gasteiger partial charge in [-0.3, -0.25) is 9.79 Å². The largest absolute Gasteiger partial charge is 0.352 e. The number of aliphatic imine (C=N–C) groups is 1. The fourth-order valence-electron chi connectivity index (χ4n) is 2.76. The van der Waals surface area contributed by atoms with E-state index in [9.17, 15) is 4.79 Å². The number of guanidine groups is 1. The number of likely N-dealkylation sites (N-methyl/N-ethyl adjacent to an activating group) is 1. The van der Waals surface area contributed by atoms with Gasteiger partial charge in [0.05, 0.1) is 6.54 Å². The number of halogens is 1. The van der Waals surface area contributed by atoms with Crippen LogP contribution in [0.25, 0.3) is 0 Å². The molecule has 3 rings (SSSR count). The Labute approximate surface area is 136 Å². The minimum atomic E-state index is 0. The smallest absolute Gasteiger partial charge is 0.194 e. The van der Waals surface area contributed by atoms with E-state index < -0.39 is 0 Å². The summed E-state index contributed by atoms with van der Waals surface area (Å²) in [7, 11) is 0. The fourth-order valence-corrected chi connectivity index (χ4v) is 2.76. The summed E-state index contributed by atoms with van der Waals surface area (Å²) in [6.45, 7) is 5.80. The van der Waals surface area contributed by atoms with Crippen LogP contribution in [0.2, 0.25) is 0 Å². The molecule has 4 nitrogen and oxygen atoms in total. The van der Waals surface area contributed by atoms with E-state index in [0.717, 1.165) is 44.1 Å². The van der Waals surface area contributed by atoms with Gasteiger partial charge in [0.15, 0.2) is 11.7 Å². The molecule has 0 fully saturated rings. The number of hydrogen-bond donors (Lipinski definition) is 1. The predicted molar refractivity (Wildman–Crippen MR) is 90.9 cm³/mol. The Morgan fingerprint density at radius 1 is 1.35 bits per heavy atom. The van der Waals surface area contributed by atoms with Crippen LogP contribution in [-0.2, 0) is 13.0 Å². The van der Waals surface area contributed by atoms with Gasteiger partial charge in [-0.25, -0.2) is 0 Å². The van der Waals surface area contributed by atoms with Gasteiger partial charge in [0.1, 0.15) is 0 Å². The van der Waals surface area contributed by atoms with Crippen molar-refractivity contribution in [2.45, 2.75) is 26.3 Å². The van der Waals surface area contributed by atoms with Crippen molar-refractivity contribution in [3.8, 4) is 0 Å². The predicted octanol–water partition coefficient (Wildman–Crippen LogP) is 2.21. The van der Waals surface area contributed by atoms with E-state index in [1.807, 2.05) is 12.1 Å². The van der Waals surface area contributed by atoms with Gasteiger partial charge < -0.3 is 10.2 Å². The van der Waals surface area contributed by atoms with Crippen molar-refractivity contribution in [2.75, 3.05) is 19.6 Å². The van der Waals surface area contributed by atoms with Crippen LogP contribution in [0.4, 0.5) is 0 Å². The van der Waals surface area contributed by atoms with Crippen LogP contribution in [0.5, 0.6) is 0 Å². The summed E-state index contributed by atoms with van der Waals surface area (Å²) < 4.78 is 0. The zero-order valence-corrected chi connectivity index (χ0v) is 14.0. The van der Waals surface area contributed by atoms with E-state index in [0.29, 0.717) is 6.42 Å². The molecule has 0 spiro atoms. The van der Waals surface area contributed by atoms with Crippen LogP contribution in [0.1, 0.15) is 34.8 Å². The number of carbonyl (C=O) groups excluding carboxylic acids is 1. The van der Waals surface area contributed by atoms with E-state index >= 15 is 0 Å². The molecule has 1 aromatic carbocycles. The first-order valence-electron chi connectivity index (χ1n) is 6.96. The number of aryl methyl sites for hydroxylation is 1. The van der Waals surface area contributed by atoms with Gasteiger partial charge in [-0.1, -0.05) is 18.2 Å². The molecule has 0 bridgehead atoms. The number of ketones is 1. The van der Waals surface area contributed by atoms with Gasteiger partial charge >= 0.3 is 0 Å². The van der Waals surface area contributed by atoms with Crippen LogP contribution in [0, 0.1) is 0 Å². The Morgan fingerprint density at radius 3 is 3.00 bits per heavy atom. The number of Topliss-reactive ketones (excluding diaryl/α,β-unsaturated/α-hetero) is 1. The van der Waals surface area contributed by atoms with E-state index in [1.165, 1.54) is 11.1 Å². The molecule has 0 amide bonds. The van der Waals surface area contributed by atoms with Gasteiger partial charge in [0, 0.05) is 31.6 Å². The standard InChI is InChI=1S/C15H19N3O.HI/c1-2-18-8-7-16-15(18)17-10-11-3-5-13-12(9-11)4-6-14(13)19;/h3,5,9H,2,4,6-8,10H2,1H3,(H,16,17);1H. The zero-order chi connectivity index (χ0) is 13.2. The zero-order valence-electron chi connectivity index (χ0n) is 11.7. The SMILES string of the molecule is CCN1CCN=C1NCc1ccc2c(c1)CCC2=O.I. The number of nitrogens with zero attached hydrogens (tertiary/aromatic N) is 2. The highest BCUT2D eigenvalue weighted by molar-refractivity contribution is 14.0. The van der Waals surface area contributed by atoms with Crippen molar-refractivity contribution >= 4 is 35.7 Å². The summed E-state index contributed by atoms with van der Waals surface area (Å²) >= 11 is 0. The van der Waals surface area contributed by atoms with Gasteiger partial charge in [-0.2, -0.15) is 0 Å². The lowest BCUT2D eigenvalue weighted by Crippen LogP contribution is -2.37. The first-order valence-corrected chi connectivity index (χ1v) is 6.96. The van der Waals surface area contributed by atoms with Crippen molar-refractivity contribution in [2.24, 2.45) is 4.99 Å². The minimum Gasteiger partial charge on any atom is -0.352 e. The van der Waals surface area contributed by atoms with Crippen molar-refractivity contribution in [1.29, 1.82) is 0 Å². The van der Waals surface area contributed by atoms with Gasteiger partial charge in [-0.05, 0) is 24.5 Å². The fraction of sp³-hybridized carbons (Fsp3) is 0.467. The lowest BCUT2D eigenvalue weighted by molar-refractivity contribution is 0.0994. The average molecular weight is 385 g/mol. The molecule has 1 aliphatic heterocycles. The highest BCUT2D eigenvalue weighted by atomic mass is 127. The average Bonchev–Trinajstić information content (AvgIpc) is 3.03. The first kappa shape index (κ1) is 15.3. The van der Waals surface area contributed by atoms with Crippen molar-refractivity contribution in [3.63, 3.8) is 0 Å². The molecule has 1 aromatic rings. The molecular formula is C15H20IN3O. The quantitative estimate of drug-likeness (QED) is 0.812. The lowest BCUT2D eigenvalue weighted by Gasteiger charge is -2.19. The summed E-state index contributed by atoms with van der Waals surface area (Å²) in [5, 5.41) is 3.39. The van der Waals surface area contributed by atoms with Crippen LogP contribution in [-0.4, -0.2) is 36.3 Å². The second kappa shape index (κ2) is 6.56. The molecule has 1 aliphatic carbocycles. The third-order valence-electron chi connectivity index (χ3n) is 3.85. The van der Waals surface area contributed by atoms with Crippen LogP contribution in [0.3, 0.4) is 0 Å². The molecule has 1 heterocycles. The van der Waals surface area contributed by atoms with Crippen molar-refractivity contribution in [1.82, 2.24) is 10.2 Å². The normalized spacial score (nSPS) is 16.8. The molecule has 0 radical (unpaired) electrons. The van der Waals surface area contributed by atoms with Crippen molar-refractivity contribution < 1.29 is 4.79 Å². The molecule has 2 aliphatic rings. The highest BCUT2D eigenvalue weighted by Crippen LogP contribution is 2.22. The van der Waals surface area contributed by atoms with Crippen molar-refractivity contribution in [3.05, 3.63) is 34.9 Å². The van der Waals surface area contributed by atoms with Crippen LogP contribution >= 0.6 is 24.0 Å². The number of hydrogen-bond acceptors (Lipinski definition) is 4. The third-order valence-corrected chi connectivity index (χ3v) is 3.85. The molecule has 0 saturated carbocycles. The van der Waals surface area contributed by atoms with Crippen LogP contribution < -0.4 is 5.32 Å². The summed E-state index contributed by atoms with van der Waals surface area (Å²) in [4.78, 5) is 18.3. The first-order chi connectivity index (χ1) is 9.28. The van der Waals surface area contributed by atoms with Gasteiger partial charge in [-0.15, -0.1) is 24.0 Å². The molecular weight excluding hydrogens is 365 g/mol. The van der Waals surface area contributed by atoms with E-state index in [2.05, 4.69) is 28.2 Å². The van der Waals surface area contributed by atoms with E-state index in [-0.39, 0.29) is 29.8 Å². The minimum absolute atomic E-state index is 0. The topological polar surface area (TPSA) is 44.7 Å². The lowest BCUT2D eigenvalue weighted by atomic mass is 10.1. The second-order valence-electron chi connectivity index (χ2n) is 5.05. The Morgan fingerprint density at radius 2 is 2.20 bits per heavy atom. The Kier molecular flexibility index (Phi) is 5.01. The van der Waals surface area contributed by atoms with E-state index in [1.54, 1.807) is 0 Å². The van der Waals surface area contributed by atoms with E-state index in [4.69, 9.17) is 0 Å². The summed E-state index contributed by atoms with van der Waals surface area (Å²) in [6.07, 6.45) is 1.56. The molecule has 108 valence electrons. The summed E-state index contributed by atoms with van der Waals surface area (Å²) in [5.41, 5.74) is 3.33. The highest BCUT2D eigenvalue weighted by Gasteiger charge is 2.19. The number of fused-ring (bicyclic) bond motifs is 1. The molecule has 0 aromatic heterocycles. The Balaban J connectivity index is 0.00000147. The molecule has 20 heavy (non-hydrogen) atoms. The number of nitrogens with one attached hydrogen (secondary N) is 1. The molecule has 0 saturated heterocycles. The van der Waals surface area contributed by atoms with Crippen LogP contribution in [0.15, 0.2) is 23.2 Å². The second-order valence-corrected chi connectivity index (χ2v) is 5.05.